The fraction of sp³-hybridized carbons (Fsp3) is 0.583. The van der Waals surface area contributed by atoms with Crippen LogP contribution < -0.4 is 4.90 Å². The first-order chi connectivity index (χ1) is 7.67. The zero-order valence-electron chi connectivity index (χ0n) is 10.3. The van der Waals surface area contributed by atoms with Gasteiger partial charge in [0, 0.05) is 13.1 Å². The number of rotatable bonds is 7. The van der Waals surface area contributed by atoms with Gasteiger partial charge in [-0.2, -0.15) is 0 Å². The highest BCUT2D eigenvalue weighted by Gasteiger charge is 2.07. The van der Waals surface area contributed by atoms with Crippen molar-refractivity contribution in [1.82, 2.24) is 4.90 Å². The predicted octanol–water partition coefficient (Wildman–Crippen LogP) is 2.34. The van der Waals surface area contributed by atoms with E-state index in [9.17, 15) is 4.79 Å². The minimum atomic E-state index is 0.807. The quantitative estimate of drug-likeness (QED) is 0.683. The smallest absolute Gasteiger partial charge is 0.160 e. The number of hydrogen-bond donors (Lipinski definition) is 0. The molecular formula is C12H20N2OS. The lowest BCUT2D eigenvalue weighted by molar-refractivity contribution is 0.112. The molecule has 0 atom stereocenters. The number of hydrogen-bond acceptors (Lipinski definition) is 4. The van der Waals surface area contributed by atoms with Crippen molar-refractivity contribution in [2.75, 3.05) is 38.6 Å². The lowest BCUT2D eigenvalue weighted by Crippen LogP contribution is -2.26. The van der Waals surface area contributed by atoms with Crippen LogP contribution in [0.4, 0.5) is 5.00 Å². The number of carbonyl (C=O) groups is 1. The zero-order valence-corrected chi connectivity index (χ0v) is 11.1. The molecule has 0 bridgehead atoms. The molecule has 0 saturated heterocycles. The summed E-state index contributed by atoms with van der Waals surface area (Å²) < 4.78 is 0. The van der Waals surface area contributed by atoms with Crippen LogP contribution in [0.2, 0.25) is 0 Å². The molecule has 0 radical (unpaired) electrons. The maximum absolute atomic E-state index is 10.6. The van der Waals surface area contributed by atoms with E-state index in [1.54, 1.807) is 11.3 Å². The molecule has 0 unspecified atom stereocenters. The van der Waals surface area contributed by atoms with Gasteiger partial charge in [-0.25, -0.2) is 0 Å². The number of anilines is 1. The molecule has 90 valence electrons. The van der Waals surface area contributed by atoms with Gasteiger partial charge in [-0.1, -0.05) is 0 Å². The van der Waals surface area contributed by atoms with E-state index in [1.807, 2.05) is 12.1 Å². The minimum absolute atomic E-state index is 0.807. The average Bonchev–Trinajstić information content (AvgIpc) is 2.72. The van der Waals surface area contributed by atoms with Gasteiger partial charge in [-0.05, 0) is 46.1 Å². The molecule has 0 spiro atoms. The van der Waals surface area contributed by atoms with Gasteiger partial charge in [0.1, 0.15) is 0 Å². The normalized spacial score (nSPS) is 10.8. The lowest BCUT2D eigenvalue weighted by atomic mass is 10.3. The molecule has 0 saturated carbocycles. The Hall–Kier alpha value is -0.870. The Bertz CT molecular complexity index is 323. The van der Waals surface area contributed by atoms with Gasteiger partial charge in [0.15, 0.2) is 6.29 Å². The molecule has 3 nitrogen and oxygen atoms in total. The second-order valence-corrected chi connectivity index (χ2v) is 5.12. The van der Waals surface area contributed by atoms with Gasteiger partial charge in [-0.3, -0.25) is 4.79 Å². The first-order valence-corrected chi connectivity index (χ1v) is 6.43. The van der Waals surface area contributed by atoms with Crippen molar-refractivity contribution in [3.8, 4) is 0 Å². The van der Waals surface area contributed by atoms with Gasteiger partial charge in [0.25, 0.3) is 0 Å². The predicted molar refractivity (Wildman–Crippen MR) is 70.8 cm³/mol. The second-order valence-electron chi connectivity index (χ2n) is 4.03. The SMILES string of the molecule is CCN(CCCN(C)C)c1ccc(C=O)s1. The van der Waals surface area contributed by atoms with Crippen LogP contribution in [-0.4, -0.2) is 44.9 Å². The third kappa shape index (κ3) is 3.94. The standard InChI is InChI=1S/C12H20N2OS/c1-4-14(9-5-8-13(2)3)12-7-6-11(10-15)16-12/h6-7,10H,4-5,8-9H2,1-3H3. The lowest BCUT2D eigenvalue weighted by Gasteiger charge is -2.21. The largest absolute Gasteiger partial charge is 0.364 e. The van der Waals surface area contributed by atoms with E-state index in [1.165, 1.54) is 5.00 Å². The average molecular weight is 240 g/mol. The number of nitrogens with zero attached hydrogens (tertiary/aromatic N) is 2. The monoisotopic (exact) mass is 240 g/mol. The summed E-state index contributed by atoms with van der Waals surface area (Å²) >= 11 is 1.57. The molecule has 0 aliphatic carbocycles. The van der Waals surface area contributed by atoms with Crippen LogP contribution in [-0.2, 0) is 0 Å². The zero-order chi connectivity index (χ0) is 12.0. The van der Waals surface area contributed by atoms with Crippen molar-refractivity contribution >= 4 is 22.6 Å². The Kier molecular flexibility index (Phi) is 5.49. The number of thiophene rings is 1. The van der Waals surface area contributed by atoms with E-state index >= 15 is 0 Å². The first kappa shape index (κ1) is 13.2. The van der Waals surface area contributed by atoms with Crippen LogP contribution in [0.15, 0.2) is 12.1 Å². The molecule has 0 aliphatic heterocycles. The van der Waals surface area contributed by atoms with Crippen LogP contribution in [0.3, 0.4) is 0 Å². The minimum Gasteiger partial charge on any atom is -0.364 e. The Labute approximate surface area is 102 Å². The number of carbonyl (C=O) groups excluding carboxylic acids is 1. The molecule has 1 heterocycles. The van der Waals surface area contributed by atoms with E-state index in [2.05, 4.69) is 30.8 Å². The maximum Gasteiger partial charge on any atom is 0.160 e. The van der Waals surface area contributed by atoms with Crippen molar-refractivity contribution in [2.45, 2.75) is 13.3 Å². The molecule has 1 aromatic heterocycles. The Balaban J connectivity index is 2.50. The maximum atomic E-state index is 10.6. The van der Waals surface area contributed by atoms with Gasteiger partial charge in [0.2, 0.25) is 0 Å². The summed E-state index contributed by atoms with van der Waals surface area (Å²) in [5.41, 5.74) is 0. The summed E-state index contributed by atoms with van der Waals surface area (Å²) in [7, 11) is 4.18. The topological polar surface area (TPSA) is 23.6 Å². The van der Waals surface area contributed by atoms with E-state index < -0.39 is 0 Å². The van der Waals surface area contributed by atoms with E-state index in [0.717, 1.165) is 37.2 Å². The fourth-order valence-corrected chi connectivity index (χ4v) is 2.49. The van der Waals surface area contributed by atoms with Crippen molar-refractivity contribution < 1.29 is 4.79 Å². The molecule has 0 aromatic carbocycles. The molecular weight excluding hydrogens is 220 g/mol. The molecule has 0 amide bonds. The molecule has 1 rings (SSSR count). The molecule has 16 heavy (non-hydrogen) atoms. The highest BCUT2D eigenvalue weighted by atomic mass is 32.1. The Morgan fingerprint density at radius 2 is 2.06 bits per heavy atom. The Morgan fingerprint density at radius 1 is 1.31 bits per heavy atom. The molecule has 0 N–H and O–H groups in total. The van der Waals surface area contributed by atoms with Crippen molar-refractivity contribution in [1.29, 1.82) is 0 Å². The van der Waals surface area contributed by atoms with Crippen molar-refractivity contribution in [2.24, 2.45) is 0 Å². The van der Waals surface area contributed by atoms with Crippen LogP contribution in [0.5, 0.6) is 0 Å². The van der Waals surface area contributed by atoms with Crippen LogP contribution in [0.1, 0.15) is 23.0 Å². The summed E-state index contributed by atoms with van der Waals surface area (Å²) in [5, 5.41) is 1.20. The molecule has 0 fully saturated rings. The summed E-state index contributed by atoms with van der Waals surface area (Å²) in [4.78, 5) is 15.9. The van der Waals surface area contributed by atoms with Crippen molar-refractivity contribution in [3.63, 3.8) is 0 Å². The highest BCUT2D eigenvalue weighted by molar-refractivity contribution is 7.17. The van der Waals surface area contributed by atoms with Crippen LogP contribution in [0.25, 0.3) is 0 Å². The highest BCUT2D eigenvalue weighted by Crippen LogP contribution is 2.24. The fourth-order valence-electron chi connectivity index (χ4n) is 1.58. The second kappa shape index (κ2) is 6.66. The first-order valence-electron chi connectivity index (χ1n) is 5.62. The van der Waals surface area contributed by atoms with Gasteiger partial charge in [0.05, 0.1) is 9.88 Å². The summed E-state index contributed by atoms with van der Waals surface area (Å²) in [6, 6.07) is 3.93. The molecule has 1 aromatic rings. The summed E-state index contributed by atoms with van der Waals surface area (Å²) in [6.07, 6.45) is 2.07. The molecule has 4 heteroatoms. The third-order valence-electron chi connectivity index (χ3n) is 2.46. The van der Waals surface area contributed by atoms with Crippen LogP contribution in [0, 0.1) is 0 Å². The molecule has 0 aliphatic rings. The summed E-state index contributed by atoms with van der Waals surface area (Å²) in [5.74, 6) is 0. The number of aldehydes is 1. The third-order valence-corrected chi connectivity index (χ3v) is 3.53. The van der Waals surface area contributed by atoms with Gasteiger partial charge in [-0.15, -0.1) is 11.3 Å². The van der Waals surface area contributed by atoms with E-state index in [4.69, 9.17) is 0 Å². The Morgan fingerprint density at radius 3 is 2.56 bits per heavy atom. The van der Waals surface area contributed by atoms with Crippen LogP contribution >= 0.6 is 11.3 Å². The van der Waals surface area contributed by atoms with E-state index in [0.29, 0.717) is 0 Å². The van der Waals surface area contributed by atoms with Gasteiger partial charge < -0.3 is 9.80 Å². The summed E-state index contributed by atoms with van der Waals surface area (Å²) in [6.45, 7) is 5.29. The van der Waals surface area contributed by atoms with Gasteiger partial charge >= 0.3 is 0 Å². The van der Waals surface area contributed by atoms with E-state index in [-0.39, 0.29) is 0 Å². The van der Waals surface area contributed by atoms with Crippen molar-refractivity contribution in [3.05, 3.63) is 17.0 Å².